The van der Waals surface area contributed by atoms with E-state index in [-0.39, 0.29) is 10.5 Å². The van der Waals surface area contributed by atoms with E-state index in [1.165, 1.54) is 6.42 Å². The van der Waals surface area contributed by atoms with Crippen LogP contribution in [-0.2, 0) is 9.84 Å². The topological polar surface area (TPSA) is 46.2 Å². The zero-order chi connectivity index (χ0) is 13.6. The van der Waals surface area contributed by atoms with Gasteiger partial charge in [0.1, 0.15) is 0 Å². The molecule has 1 aliphatic carbocycles. The van der Waals surface area contributed by atoms with Crippen molar-refractivity contribution >= 4 is 9.84 Å². The smallest absolute Gasteiger partial charge is 0.156 e. The number of sulfone groups is 1. The van der Waals surface area contributed by atoms with Crippen molar-refractivity contribution in [2.45, 2.75) is 82.3 Å². The van der Waals surface area contributed by atoms with Gasteiger partial charge in [0, 0.05) is 12.6 Å². The maximum absolute atomic E-state index is 12.4. The number of nitrogens with one attached hydrogen (secondary N) is 1. The number of hydrogen-bond donors (Lipinski definition) is 1. The van der Waals surface area contributed by atoms with Crippen molar-refractivity contribution in [3.8, 4) is 0 Å². The fourth-order valence-electron chi connectivity index (χ4n) is 2.75. The van der Waals surface area contributed by atoms with E-state index in [2.05, 4.69) is 19.2 Å². The fraction of sp³-hybridized carbons (Fsp3) is 1.00. The molecule has 0 aromatic rings. The first kappa shape index (κ1) is 16.0. The first-order chi connectivity index (χ1) is 8.52. The molecule has 0 aromatic carbocycles. The Bertz CT molecular complexity index is 317. The van der Waals surface area contributed by atoms with E-state index >= 15 is 0 Å². The molecule has 1 fully saturated rings. The Balaban J connectivity index is 2.50. The largest absolute Gasteiger partial charge is 0.313 e. The predicted octanol–water partition coefficient (Wildman–Crippen LogP) is 2.90. The average Bonchev–Trinajstić information content (AvgIpc) is 2.40. The number of hydrogen-bond acceptors (Lipinski definition) is 3. The van der Waals surface area contributed by atoms with E-state index in [1.807, 2.05) is 6.92 Å². The Morgan fingerprint density at radius 3 is 2.17 bits per heavy atom. The van der Waals surface area contributed by atoms with Crippen LogP contribution in [0.25, 0.3) is 0 Å². The lowest BCUT2D eigenvalue weighted by Crippen LogP contribution is -2.41. The Kier molecular flexibility index (Phi) is 6.64. The lowest BCUT2D eigenvalue weighted by atomic mass is 10.0. The highest BCUT2D eigenvalue weighted by Gasteiger charge is 2.32. The van der Waals surface area contributed by atoms with Gasteiger partial charge in [-0.25, -0.2) is 8.42 Å². The minimum absolute atomic E-state index is 0.0789. The molecule has 0 amide bonds. The van der Waals surface area contributed by atoms with Crippen molar-refractivity contribution in [1.82, 2.24) is 5.32 Å². The molecule has 4 heteroatoms. The average molecular weight is 275 g/mol. The van der Waals surface area contributed by atoms with Gasteiger partial charge in [0.15, 0.2) is 9.84 Å². The molecule has 0 spiro atoms. The fourth-order valence-corrected chi connectivity index (χ4v) is 4.72. The van der Waals surface area contributed by atoms with Crippen LogP contribution in [-0.4, -0.2) is 31.5 Å². The van der Waals surface area contributed by atoms with Crippen LogP contribution in [0.5, 0.6) is 0 Å². The molecule has 18 heavy (non-hydrogen) atoms. The summed E-state index contributed by atoms with van der Waals surface area (Å²) < 4.78 is 24.9. The molecule has 0 radical (unpaired) electrons. The van der Waals surface area contributed by atoms with Gasteiger partial charge in [-0.1, -0.05) is 33.1 Å². The molecule has 0 aromatic heterocycles. The van der Waals surface area contributed by atoms with Crippen LogP contribution in [0.4, 0.5) is 0 Å². The van der Waals surface area contributed by atoms with Crippen LogP contribution in [0, 0.1) is 0 Å². The summed E-state index contributed by atoms with van der Waals surface area (Å²) in [5.74, 6) is 0. The van der Waals surface area contributed by atoms with Gasteiger partial charge in [-0.05, 0) is 32.6 Å². The van der Waals surface area contributed by atoms with Gasteiger partial charge in [0.2, 0.25) is 0 Å². The Hall–Kier alpha value is -0.0900. The van der Waals surface area contributed by atoms with Gasteiger partial charge in [0.25, 0.3) is 0 Å². The van der Waals surface area contributed by atoms with Gasteiger partial charge in [-0.2, -0.15) is 0 Å². The highest BCUT2D eigenvalue weighted by Crippen LogP contribution is 2.26. The first-order valence-corrected chi connectivity index (χ1v) is 9.09. The van der Waals surface area contributed by atoms with E-state index in [0.717, 1.165) is 38.5 Å². The van der Waals surface area contributed by atoms with Crippen molar-refractivity contribution in [2.75, 3.05) is 6.54 Å². The van der Waals surface area contributed by atoms with E-state index < -0.39 is 9.84 Å². The van der Waals surface area contributed by atoms with Gasteiger partial charge in [-0.3, -0.25) is 0 Å². The standard InChI is InChI=1S/C14H29NO2S/c1-4-13(5-2)15-11-12(3)18(16,17)14-9-7-6-8-10-14/h12-15H,4-11H2,1-3H3. The molecule has 1 aliphatic rings. The van der Waals surface area contributed by atoms with Crippen molar-refractivity contribution in [1.29, 1.82) is 0 Å². The summed E-state index contributed by atoms with van der Waals surface area (Å²) >= 11 is 0. The quantitative estimate of drug-likeness (QED) is 0.777. The minimum Gasteiger partial charge on any atom is -0.313 e. The van der Waals surface area contributed by atoms with Crippen LogP contribution in [0.1, 0.15) is 65.7 Å². The molecule has 0 heterocycles. The molecule has 0 bridgehead atoms. The number of rotatable bonds is 7. The summed E-state index contributed by atoms with van der Waals surface area (Å²) in [5.41, 5.74) is 0. The van der Waals surface area contributed by atoms with Crippen LogP contribution in [0.2, 0.25) is 0 Å². The predicted molar refractivity (Wildman–Crippen MR) is 77.6 cm³/mol. The van der Waals surface area contributed by atoms with Crippen LogP contribution < -0.4 is 5.32 Å². The van der Waals surface area contributed by atoms with Crippen LogP contribution >= 0.6 is 0 Å². The molecule has 1 rings (SSSR count). The van der Waals surface area contributed by atoms with Gasteiger partial charge in [0.05, 0.1) is 10.5 Å². The maximum atomic E-state index is 12.4. The molecular weight excluding hydrogens is 246 g/mol. The van der Waals surface area contributed by atoms with E-state index in [9.17, 15) is 8.42 Å². The molecule has 0 aliphatic heterocycles. The third kappa shape index (κ3) is 4.23. The van der Waals surface area contributed by atoms with Gasteiger partial charge < -0.3 is 5.32 Å². The van der Waals surface area contributed by atoms with Crippen molar-refractivity contribution in [3.63, 3.8) is 0 Å². The highest BCUT2D eigenvalue weighted by molar-refractivity contribution is 7.92. The molecule has 108 valence electrons. The molecule has 1 atom stereocenters. The third-order valence-corrected chi connectivity index (χ3v) is 6.95. The second-order valence-electron chi connectivity index (χ2n) is 5.58. The minimum atomic E-state index is -2.94. The summed E-state index contributed by atoms with van der Waals surface area (Å²) in [5, 5.41) is 3.06. The Labute approximate surface area is 113 Å². The molecule has 0 saturated heterocycles. The van der Waals surface area contributed by atoms with E-state index in [4.69, 9.17) is 0 Å². The monoisotopic (exact) mass is 275 g/mol. The first-order valence-electron chi connectivity index (χ1n) is 7.48. The van der Waals surface area contributed by atoms with Crippen molar-refractivity contribution in [3.05, 3.63) is 0 Å². The summed E-state index contributed by atoms with van der Waals surface area (Å²) in [7, 11) is -2.94. The normalized spacial score (nSPS) is 20.2. The Morgan fingerprint density at radius 2 is 1.67 bits per heavy atom. The third-order valence-electron chi connectivity index (χ3n) is 4.26. The summed E-state index contributed by atoms with van der Waals surface area (Å²) in [6.45, 7) is 6.74. The molecule has 3 nitrogen and oxygen atoms in total. The second kappa shape index (κ2) is 7.49. The summed E-state index contributed by atoms with van der Waals surface area (Å²) in [6, 6.07) is 0.453. The van der Waals surface area contributed by atoms with Crippen molar-refractivity contribution in [2.24, 2.45) is 0 Å². The lowest BCUT2D eigenvalue weighted by molar-refractivity contribution is 0.460. The maximum Gasteiger partial charge on any atom is 0.156 e. The van der Waals surface area contributed by atoms with E-state index in [0.29, 0.717) is 12.6 Å². The van der Waals surface area contributed by atoms with E-state index in [1.54, 1.807) is 0 Å². The zero-order valence-electron chi connectivity index (χ0n) is 12.1. The van der Waals surface area contributed by atoms with Crippen LogP contribution in [0.3, 0.4) is 0 Å². The zero-order valence-corrected chi connectivity index (χ0v) is 12.9. The highest BCUT2D eigenvalue weighted by atomic mass is 32.2. The molecule has 1 N–H and O–H groups in total. The molecular formula is C14H29NO2S. The van der Waals surface area contributed by atoms with Gasteiger partial charge >= 0.3 is 0 Å². The van der Waals surface area contributed by atoms with Crippen LogP contribution in [0.15, 0.2) is 0 Å². The molecule has 1 unspecified atom stereocenters. The summed E-state index contributed by atoms with van der Waals surface area (Å²) in [4.78, 5) is 0. The SMILES string of the molecule is CCC(CC)NCC(C)S(=O)(=O)C1CCCCC1. The second-order valence-corrected chi connectivity index (χ2v) is 8.23. The summed E-state index contributed by atoms with van der Waals surface area (Å²) in [6.07, 6.45) is 7.23. The molecule has 1 saturated carbocycles. The Morgan fingerprint density at radius 1 is 1.11 bits per heavy atom. The van der Waals surface area contributed by atoms with Crippen molar-refractivity contribution < 1.29 is 8.42 Å². The van der Waals surface area contributed by atoms with Gasteiger partial charge in [-0.15, -0.1) is 0 Å². The lowest BCUT2D eigenvalue weighted by Gasteiger charge is -2.26.